The zero-order valence-corrected chi connectivity index (χ0v) is 18.3. The van der Waals surface area contributed by atoms with Crippen molar-refractivity contribution in [3.8, 4) is 0 Å². The number of hydrogen-bond acceptors (Lipinski definition) is 6. The molecule has 30 heavy (non-hydrogen) atoms. The van der Waals surface area contributed by atoms with Crippen molar-refractivity contribution >= 4 is 28.6 Å². The molecule has 8 heteroatoms. The van der Waals surface area contributed by atoms with Gasteiger partial charge in [-0.05, 0) is 48.6 Å². The third-order valence-corrected chi connectivity index (χ3v) is 7.66. The Morgan fingerprint density at radius 3 is 2.83 bits per heavy atom. The number of nitrogens with one attached hydrogen (secondary N) is 1. The summed E-state index contributed by atoms with van der Waals surface area (Å²) in [4.78, 5) is 40.1. The molecule has 0 bridgehead atoms. The van der Waals surface area contributed by atoms with Crippen molar-refractivity contribution in [3.05, 3.63) is 72.2 Å². The highest BCUT2D eigenvalue weighted by Crippen LogP contribution is 2.31. The minimum Gasteiger partial charge on any atom is -0.328 e. The molecular formula is C22H24N4O2S2. The molecule has 1 fully saturated rings. The van der Waals surface area contributed by atoms with E-state index in [-0.39, 0.29) is 17.5 Å². The van der Waals surface area contributed by atoms with Crippen LogP contribution in [0.4, 0.5) is 0 Å². The maximum absolute atomic E-state index is 13.1. The van der Waals surface area contributed by atoms with Gasteiger partial charge >= 0.3 is 0 Å². The van der Waals surface area contributed by atoms with Crippen molar-refractivity contribution in [2.45, 2.75) is 44.8 Å². The molecule has 1 amide bonds. The molecule has 0 radical (unpaired) electrons. The zero-order chi connectivity index (χ0) is 20.5. The first-order valence-electron chi connectivity index (χ1n) is 10.4. The first-order chi connectivity index (χ1) is 14.7. The molecule has 0 spiro atoms. The van der Waals surface area contributed by atoms with Gasteiger partial charge in [0, 0.05) is 36.6 Å². The van der Waals surface area contributed by atoms with E-state index in [2.05, 4.69) is 27.4 Å². The summed E-state index contributed by atoms with van der Waals surface area (Å²) >= 11 is 3.22. The van der Waals surface area contributed by atoms with Crippen LogP contribution in [0.15, 0.2) is 39.8 Å². The normalized spacial score (nSPS) is 19.6. The molecule has 3 aromatic heterocycles. The van der Waals surface area contributed by atoms with Gasteiger partial charge in [-0.2, -0.15) is 0 Å². The number of hydrogen-bond donors (Lipinski definition) is 1. The molecule has 5 heterocycles. The average molecular weight is 441 g/mol. The van der Waals surface area contributed by atoms with Crippen molar-refractivity contribution in [3.63, 3.8) is 0 Å². The van der Waals surface area contributed by atoms with Crippen molar-refractivity contribution in [2.24, 2.45) is 0 Å². The quantitative estimate of drug-likeness (QED) is 0.670. The van der Waals surface area contributed by atoms with Crippen LogP contribution in [0.5, 0.6) is 0 Å². The van der Waals surface area contributed by atoms with Crippen molar-refractivity contribution in [2.75, 3.05) is 13.1 Å². The number of aromatic amines is 1. The summed E-state index contributed by atoms with van der Waals surface area (Å²) in [6, 6.07) is 7.81. The first kappa shape index (κ1) is 19.7. The summed E-state index contributed by atoms with van der Waals surface area (Å²) in [5.41, 5.74) is 1.62. The lowest BCUT2D eigenvalue weighted by atomic mass is 10.00. The van der Waals surface area contributed by atoms with E-state index in [1.165, 1.54) is 16.2 Å². The number of H-pyrrole nitrogens is 1. The number of thiophene rings is 2. The smallest absolute Gasteiger partial charge is 0.264 e. The van der Waals surface area contributed by atoms with Crippen LogP contribution in [0.3, 0.4) is 0 Å². The number of amides is 1. The van der Waals surface area contributed by atoms with Crippen LogP contribution < -0.4 is 5.56 Å². The Morgan fingerprint density at radius 2 is 2.03 bits per heavy atom. The van der Waals surface area contributed by atoms with Gasteiger partial charge in [0.15, 0.2) is 0 Å². The van der Waals surface area contributed by atoms with Gasteiger partial charge in [-0.1, -0.05) is 12.1 Å². The molecule has 2 aliphatic heterocycles. The van der Waals surface area contributed by atoms with Crippen LogP contribution in [-0.4, -0.2) is 38.8 Å². The van der Waals surface area contributed by atoms with Gasteiger partial charge < -0.3 is 9.88 Å². The lowest BCUT2D eigenvalue weighted by molar-refractivity contribution is 0.0603. The van der Waals surface area contributed by atoms with Gasteiger partial charge in [0.05, 0.1) is 16.6 Å². The van der Waals surface area contributed by atoms with Gasteiger partial charge in [0.1, 0.15) is 5.82 Å². The van der Waals surface area contributed by atoms with Crippen LogP contribution in [0.2, 0.25) is 0 Å². The fourth-order valence-corrected chi connectivity index (χ4v) is 5.85. The molecule has 0 aliphatic carbocycles. The van der Waals surface area contributed by atoms with E-state index in [0.717, 1.165) is 48.5 Å². The fraction of sp³-hybridized carbons (Fsp3) is 0.409. The standard InChI is InChI=1S/C22H24N4O2S2/c27-21-16-8-10-25(13-15-5-3-11-29-15)14-17(16)23-20(24-21)18-6-1-2-9-26(18)22(28)19-7-4-12-30-19/h3-5,7,11-12,18H,1-2,6,8-10,13-14H2,(H,23,24,27)/t18-/m1/s1. The highest BCUT2D eigenvalue weighted by atomic mass is 32.1. The molecule has 1 atom stereocenters. The second kappa shape index (κ2) is 8.45. The first-order valence-corrected chi connectivity index (χ1v) is 12.2. The molecule has 1 saturated heterocycles. The van der Waals surface area contributed by atoms with E-state index < -0.39 is 0 Å². The predicted octanol–water partition coefficient (Wildman–Crippen LogP) is 3.82. The highest BCUT2D eigenvalue weighted by Gasteiger charge is 2.32. The van der Waals surface area contributed by atoms with Crippen LogP contribution in [0.1, 0.15) is 56.9 Å². The second-order valence-corrected chi connectivity index (χ2v) is 9.88. The number of nitrogens with zero attached hydrogens (tertiary/aromatic N) is 3. The van der Waals surface area contributed by atoms with Crippen LogP contribution in [-0.2, 0) is 19.5 Å². The number of likely N-dealkylation sites (tertiary alicyclic amines) is 1. The number of piperidine rings is 1. The number of carbonyl (C=O) groups is 1. The third-order valence-electron chi connectivity index (χ3n) is 5.94. The number of aromatic nitrogens is 2. The number of rotatable bonds is 4. The molecule has 0 aromatic carbocycles. The van der Waals surface area contributed by atoms with E-state index in [9.17, 15) is 9.59 Å². The third kappa shape index (κ3) is 3.87. The SMILES string of the molecule is O=C(c1cccs1)N1CCCC[C@@H]1c1nc2c(c(=O)[nH]1)CCN(Cc1cccs1)C2. The van der Waals surface area contributed by atoms with E-state index in [4.69, 9.17) is 4.98 Å². The van der Waals surface area contributed by atoms with Crippen LogP contribution in [0, 0.1) is 0 Å². The molecule has 6 nitrogen and oxygen atoms in total. The summed E-state index contributed by atoms with van der Waals surface area (Å²) in [5.74, 6) is 0.677. The fourth-order valence-electron chi connectivity index (χ4n) is 4.43. The summed E-state index contributed by atoms with van der Waals surface area (Å²) in [5, 5.41) is 4.02. The average Bonchev–Trinajstić information content (AvgIpc) is 3.47. The lowest BCUT2D eigenvalue weighted by Crippen LogP contribution is -2.41. The van der Waals surface area contributed by atoms with Gasteiger partial charge in [0.2, 0.25) is 0 Å². The van der Waals surface area contributed by atoms with E-state index in [1.54, 1.807) is 11.3 Å². The van der Waals surface area contributed by atoms with E-state index in [0.29, 0.717) is 25.3 Å². The Morgan fingerprint density at radius 1 is 1.17 bits per heavy atom. The maximum Gasteiger partial charge on any atom is 0.264 e. The van der Waals surface area contributed by atoms with Gasteiger partial charge in [-0.25, -0.2) is 4.98 Å². The van der Waals surface area contributed by atoms with E-state index >= 15 is 0 Å². The predicted molar refractivity (Wildman–Crippen MR) is 119 cm³/mol. The molecule has 1 N–H and O–H groups in total. The molecular weight excluding hydrogens is 416 g/mol. The Labute approximate surface area is 183 Å². The van der Waals surface area contributed by atoms with Gasteiger partial charge in [0.25, 0.3) is 11.5 Å². The van der Waals surface area contributed by atoms with Gasteiger partial charge in [-0.15, -0.1) is 22.7 Å². The van der Waals surface area contributed by atoms with Crippen molar-refractivity contribution in [1.29, 1.82) is 0 Å². The Kier molecular flexibility index (Phi) is 5.54. The summed E-state index contributed by atoms with van der Waals surface area (Å²) in [6.45, 7) is 3.12. The molecule has 156 valence electrons. The topological polar surface area (TPSA) is 69.3 Å². The van der Waals surface area contributed by atoms with Crippen LogP contribution in [0.25, 0.3) is 0 Å². The summed E-state index contributed by atoms with van der Waals surface area (Å²) in [7, 11) is 0. The molecule has 0 saturated carbocycles. The van der Waals surface area contributed by atoms with Crippen LogP contribution >= 0.6 is 22.7 Å². The highest BCUT2D eigenvalue weighted by molar-refractivity contribution is 7.12. The molecule has 0 unspecified atom stereocenters. The molecule has 2 aliphatic rings. The summed E-state index contributed by atoms with van der Waals surface area (Å²) < 4.78 is 0. The zero-order valence-electron chi connectivity index (χ0n) is 16.7. The maximum atomic E-state index is 13.1. The summed E-state index contributed by atoms with van der Waals surface area (Å²) in [6.07, 6.45) is 3.56. The van der Waals surface area contributed by atoms with Gasteiger partial charge in [-0.3, -0.25) is 14.5 Å². The molecule has 5 rings (SSSR count). The minimum atomic E-state index is -0.168. The number of carbonyl (C=O) groups excluding carboxylic acids is 1. The van der Waals surface area contributed by atoms with Crippen molar-refractivity contribution in [1.82, 2.24) is 19.8 Å². The Hall–Kier alpha value is -2.29. The van der Waals surface area contributed by atoms with Crippen molar-refractivity contribution < 1.29 is 4.79 Å². The molecule has 3 aromatic rings. The minimum absolute atomic E-state index is 0.0365. The second-order valence-electron chi connectivity index (χ2n) is 7.90. The monoisotopic (exact) mass is 440 g/mol. The largest absolute Gasteiger partial charge is 0.328 e. The lowest BCUT2D eigenvalue weighted by Gasteiger charge is -2.35. The number of fused-ring (bicyclic) bond motifs is 1. The van der Waals surface area contributed by atoms with E-state index in [1.807, 2.05) is 22.4 Å². The Balaban J connectivity index is 1.42. The Bertz CT molecular complexity index is 1080.